The van der Waals surface area contributed by atoms with Gasteiger partial charge < -0.3 is 9.30 Å². The van der Waals surface area contributed by atoms with Gasteiger partial charge >= 0.3 is 0 Å². The molecule has 0 spiro atoms. The van der Waals surface area contributed by atoms with Crippen LogP contribution < -0.4 is 4.74 Å². The van der Waals surface area contributed by atoms with Crippen molar-refractivity contribution in [3.63, 3.8) is 0 Å². The van der Waals surface area contributed by atoms with Gasteiger partial charge in [-0.3, -0.25) is 0 Å². The number of hydrogen-bond donors (Lipinski definition) is 0. The number of allylic oxidation sites excluding steroid dienone is 1. The van der Waals surface area contributed by atoms with Gasteiger partial charge in [-0.2, -0.15) is 5.26 Å². The molecule has 1 aromatic heterocycles. The molecule has 0 N–H and O–H groups in total. The van der Waals surface area contributed by atoms with E-state index in [4.69, 9.17) is 10.00 Å². The van der Waals surface area contributed by atoms with Gasteiger partial charge in [0.2, 0.25) is 0 Å². The Labute approximate surface area is 112 Å². The van der Waals surface area contributed by atoms with E-state index in [9.17, 15) is 0 Å². The first-order valence-electron chi connectivity index (χ1n) is 6.29. The highest BCUT2D eigenvalue weighted by molar-refractivity contribution is 5.78. The summed E-state index contributed by atoms with van der Waals surface area (Å²) in [5.74, 6) is 1.56. The van der Waals surface area contributed by atoms with E-state index in [2.05, 4.69) is 17.6 Å². The molecule has 0 aliphatic carbocycles. The molecule has 0 saturated heterocycles. The fourth-order valence-electron chi connectivity index (χ4n) is 2.04. The van der Waals surface area contributed by atoms with Crippen LogP contribution in [0.5, 0.6) is 5.75 Å². The number of aromatic nitrogens is 2. The maximum atomic E-state index is 8.86. The van der Waals surface area contributed by atoms with E-state index < -0.39 is 0 Å². The first-order chi connectivity index (χ1) is 9.15. The summed E-state index contributed by atoms with van der Waals surface area (Å²) in [4.78, 5) is 4.50. The Morgan fingerprint density at radius 1 is 1.53 bits per heavy atom. The van der Waals surface area contributed by atoms with Crippen molar-refractivity contribution in [1.82, 2.24) is 9.55 Å². The summed E-state index contributed by atoms with van der Waals surface area (Å²) in [7, 11) is 0. The summed E-state index contributed by atoms with van der Waals surface area (Å²) >= 11 is 0. The Balaban J connectivity index is 2.49. The van der Waals surface area contributed by atoms with E-state index >= 15 is 0 Å². The quantitative estimate of drug-likeness (QED) is 0.771. The van der Waals surface area contributed by atoms with Gasteiger partial charge in [0.15, 0.2) is 0 Å². The maximum absolute atomic E-state index is 8.86. The molecule has 19 heavy (non-hydrogen) atoms. The van der Waals surface area contributed by atoms with E-state index in [1.54, 1.807) is 6.08 Å². The van der Waals surface area contributed by atoms with E-state index in [0.717, 1.165) is 22.6 Å². The van der Waals surface area contributed by atoms with Gasteiger partial charge in [0, 0.05) is 12.6 Å². The molecule has 0 atom stereocenters. The molecule has 2 rings (SSSR count). The van der Waals surface area contributed by atoms with Crippen molar-refractivity contribution in [2.24, 2.45) is 0 Å². The molecule has 0 aliphatic heterocycles. The minimum absolute atomic E-state index is 0.131. The fourth-order valence-corrected chi connectivity index (χ4v) is 2.04. The Bertz CT molecular complexity index is 635. The molecule has 0 fully saturated rings. The third-order valence-electron chi connectivity index (χ3n) is 2.72. The maximum Gasteiger partial charge on any atom is 0.124 e. The lowest BCUT2D eigenvalue weighted by atomic mass is 10.3. The Morgan fingerprint density at radius 2 is 2.32 bits per heavy atom. The summed E-state index contributed by atoms with van der Waals surface area (Å²) < 4.78 is 7.66. The van der Waals surface area contributed by atoms with Crippen molar-refractivity contribution < 1.29 is 4.74 Å². The standard InChI is InChI=1S/C15H17N3O/c1-4-9-18-14-6-5-12(19-11(2)3)10-13(14)17-15(18)7-8-16/h4-6,10-11H,1,7,9H2,2-3H3. The van der Waals surface area contributed by atoms with Crippen LogP contribution in [0.1, 0.15) is 19.7 Å². The van der Waals surface area contributed by atoms with Crippen molar-refractivity contribution in [1.29, 1.82) is 5.26 Å². The first kappa shape index (κ1) is 13.2. The van der Waals surface area contributed by atoms with Crippen molar-refractivity contribution in [2.75, 3.05) is 0 Å². The van der Waals surface area contributed by atoms with Crippen molar-refractivity contribution in [3.8, 4) is 11.8 Å². The fraction of sp³-hybridized carbons (Fsp3) is 0.333. The third kappa shape index (κ3) is 2.76. The summed E-state index contributed by atoms with van der Waals surface area (Å²) in [6.07, 6.45) is 2.23. The Hall–Kier alpha value is -2.28. The van der Waals surface area contributed by atoms with Gasteiger partial charge in [0.05, 0.1) is 29.6 Å². The van der Waals surface area contributed by atoms with Crippen LogP contribution in [0.25, 0.3) is 11.0 Å². The molecule has 2 aromatic rings. The minimum atomic E-state index is 0.131. The van der Waals surface area contributed by atoms with Crippen LogP contribution >= 0.6 is 0 Å². The highest BCUT2D eigenvalue weighted by atomic mass is 16.5. The van der Waals surface area contributed by atoms with E-state index in [1.165, 1.54) is 0 Å². The van der Waals surface area contributed by atoms with Gasteiger partial charge in [-0.15, -0.1) is 6.58 Å². The molecule has 0 bridgehead atoms. The van der Waals surface area contributed by atoms with Gasteiger partial charge in [0.1, 0.15) is 11.6 Å². The van der Waals surface area contributed by atoms with Crippen LogP contribution in [-0.2, 0) is 13.0 Å². The van der Waals surface area contributed by atoms with Crippen LogP contribution in [0.2, 0.25) is 0 Å². The van der Waals surface area contributed by atoms with Crippen molar-refractivity contribution in [3.05, 3.63) is 36.7 Å². The number of benzene rings is 1. The molecule has 0 radical (unpaired) electrons. The average Bonchev–Trinajstić information content (AvgIpc) is 2.67. The number of rotatable bonds is 5. The summed E-state index contributed by atoms with van der Waals surface area (Å²) in [5, 5.41) is 8.86. The molecule has 1 heterocycles. The van der Waals surface area contributed by atoms with Gasteiger partial charge in [-0.25, -0.2) is 4.98 Å². The summed E-state index contributed by atoms with van der Waals surface area (Å²) in [6, 6.07) is 7.96. The zero-order valence-electron chi connectivity index (χ0n) is 11.3. The van der Waals surface area contributed by atoms with Crippen LogP contribution in [-0.4, -0.2) is 15.7 Å². The van der Waals surface area contributed by atoms with Gasteiger partial charge in [-0.05, 0) is 26.0 Å². The average molecular weight is 255 g/mol. The lowest BCUT2D eigenvalue weighted by Crippen LogP contribution is -2.05. The molecule has 1 aromatic carbocycles. The predicted molar refractivity (Wildman–Crippen MR) is 75.0 cm³/mol. The Morgan fingerprint density at radius 3 is 2.95 bits per heavy atom. The minimum Gasteiger partial charge on any atom is -0.491 e. The number of ether oxygens (including phenoxy) is 1. The third-order valence-corrected chi connectivity index (χ3v) is 2.72. The van der Waals surface area contributed by atoms with E-state index in [-0.39, 0.29) is 6.10 Å². The molecule has 0 amide bonds. The van der Waals surface area contributed by atoms with Gasteiger partial charge in [0.25, 0.3) is 0 Å². The zero-order chi connectivity index (χ0) is 13.8. The molecule has 0 unspecified atom stereocenters. The number of fused-ring (bicyclic) bond motifs is 1. The topological polar surface area (TPSA) is 50.8 Å². The Kier molecular flexibility index (Phi) is 3.86. The summed E-state index contributed by atoms with van der Waals surface area (Å²) in [5.41, 5.74) is 1.85. The molecule has 98 valence electrons. The number of nitriles is 1. The SMILES string of the molecule is C=CCn1c(CC#N)nc2cc(OC(C)C)ccc21. The normalized spacial score (nSPS) is 10.6. The zero-order valence-corrected chi connectivity index (χ0v) is 11.3. The monoisotopic (exact) mass is 255 g/mol. The summed E-state index contributed by atoms with van der Waals surface area (Å²) in [6.45, 7) is 8.37. The van der Waals surface area contributed by atoms with Crippen LogP contribution in [0, 0.1) is 11.3 Å². The first-order valence-corrected chi connectivity index (χ1v) is 6.29. The van der Waals surface area contributed by atoms with E-state index in [1.807, 2.05) is 36.6 Å². The molecule has 0 saturated carbocycles. The molecular formula is C15H17N3O. The smallest absolute Gasteiger partial charge is 0.124 e. The molecule has 4 heteroatoms. The van der Waals surface area contributed by atoms with Crippen molar-refractivity contribution >= 4 is 11.0 Å². The predicted octanol–water partition coefficient (Wildman–Crippen LogP) is 3.08. The lowest BCUT2D eigenvalue weighted by Gasteiger charge is -2.09. The number of imidazole rings is 1. The lowest BCUT2D eigenvalue weighted by molar-refractivity contribution is 0.242. The second-order valence-corrected chi connectivity index (χ2v) is 4.58. The number of nitrogens with zero attached hydrogens (tertiary/aromatic N) is 3. The number of hydrogen-bond acceptors (Lipinski definition) is 3. The largest absolute Gasteiger partial charge is 0.491 e. The second-order valence-electron chi connectivity index (χ2n) is 4.58. The van der Waals surface area contributed by atoms with Crippen LogP contribution in [0.3, 0.4) is 0 Å². The van der Waals surface area contributed by atoms with Crippen LogP contribution in [0.4, 0.5) is 0 Å². The van der Waals surface area contributed by atoms with Crippen molar-refractivity contribution in [2.45, 2.75) is 32.9 Å². The second kappa shape index (κ2) is 5.57. The highest BCUT2D eigenvalue weighted by Crippen LogP contribution is 2.23. The van der Waals surface area contributed by atoms with E-state index in [0.29, 0.717) is 13.0 Å². The molecule has 0 aliphatic rings. The highest BCUT2D eigenvalue weighted by Gasteiger charge is 2.10. The molecular weight excluding hydrogens is 238 g/mol. The molecule has 4 nitrogen and oxygen atoms in total. The van der Waals surface area contributed by atoms with Crippen LogP contribution in [0.15, 0.2) is 30.9 Å². The van der Waals surface area contributed by atoms with Gasteiger partial charge in [-0.1, -0.05) is 6.08 Å².